The minimum Gasteiger partial charge on any atom is -0.360 e. The molecule has 1 amide bonds. The molecule has 3 rings (SSSR count). The number of guanidine groups is 1. The summed E-state index contributed by atoms with van der Waals surface area (Å²) in [5.74, 6) is 1.16. The Kier molecular flexibility index (Phi) is 6.55. The van der Waals surface area contributed by atoms with Crippen LogP contribution in [0.15, 0.2) is 22.5 Å². The number of rotatable bonds is 7. The second kappa shape index (κ2) is 9.08. The molecule has 1 aliphatic carbocycles. The molecule has 0 aromatic carbocycles. The van der Waals surface area contributed by atoms with E-state index < -0.39 is 0 Å². The van der Waals surface area contributed by atoms with E-state index >= 15 is 0 Å². The van der Waals surface area contributed by atoms with Gasteiger partial charge in [-0.25, -0.2) is 0 Å². The summed E-state index contributed by atoms with van der Waals surface area (Å²) >= 11 is 1.80. The van der Waals surface area contributed by atoms with Crippen LogP contribution >= 0.6 is 11.3 Å². The van der Waals surface area contributed by atoms with Crippen molar-refractivity contribution in [3.8, 4) is 0 Å². The predicted molar refractivity (Wildman–Crippen MR) is 104 cm³/mol. The van der Waals surface area contributed by atoms with E-state index in [1.807, 2.05) is 0 Å². The summed E-state index contributed by atoms with van der Waals surface area (Å²) in [5.41, 5.74) is 0. The lowest BCUT2D eigenvalue weighted by molar-refractivity contribution is -0.121. The number of carbonyl (C=O) groups excluding carboxylic acids is 1. The highest BCUT2D eigenvalue weighted by atomic mass is 32.1. The third-order valence-electron chi connectivity index (χ3n) is 4.50. The Morgan fingerprint density at radius 2 is 2.12 bits per heavy atom. The first-order valence-corrected chi connectivity index (χ1v) is 10.3. The Morgan fingerprint density at radius 1 is 1.32 bits per heavy atom. The van der Waals surface area contributed by atoms with Gasteiger partial charge in [0.05, 0.1) is 5.00 Å². The van der Waals surface area contributed by atoms with Gasteiger partial charge in [-0.1, -0.05) is 0 Å². The van der Waals surface area contributed by atoms with Gasteiger partial charge in [-0.05, 0) is 43.7 Å². The van der Waals surface area contributed by atoms with Crippen molar-refractivity contribution >= 4 is 28.2 Å². The molecular weight excluding hydrogens is 334 g/mol. The highest BCUT2D eigenvalue weighted by molar-refractivity contribution is 7.14. The van der Waals surface area contributed by atoms with Crippen molar-refractivity contribution in [1.82, 2.24) is 15.5 Å². The Hall–Kier alpha value is -1.76. The summed E-state index contributed by atoms with van der Waals surface area (Å²) in [7, 11) is 0. The fourth-order valence-electron chi connectivity index (χ4n) is 2.97. The van der Waals surface area contributed by atoms with Gasteiger partial charge in [0.15, 0.2) is 5.96 Å². The SMILES string of the molecule is CCNC(=NCCCC(=O)NC1CC1)N1CCN(c2cccs2)CC1. The minimum atomic E-state index is 0.173. The first kappa shape index (κ1) is 18.0. The minimum absolute atomic E-state index is 0.173. The van der Waals surface area contributed by atoms with Crippen LogP contribution in [0, 0.1) is 0 Å². The Balaban J connectivity index is 1.42. The topological polar surface area (TPSA) is 60.0 Å². The van der Waals surface area contributed by atoms with Gasteiger partial charge in [0.25, 0.3) is 0 Å². The third-order valence-corrected chi connectivity index (χ3v) is 5.43. The predicted octanol–water partition coefficient (Wildman–Crippen LogP) is 1.89. The van der Waals surface area contributed by atoms with E-state index in [1.54, 1.807) is 11.3 Å². The average Bonchev–Trinajstić information content (AvgIpc) is 3.26. The standard InChI is InChI=1S/C18H29N5OS/c1-2-19-18(20-9-3-5-16(24)21-15-7-8-15)23-12-10-22(11-13-23)17-6-4-14-25-17/h4,6,14-15H,2-3,5,7-13H2,1H3,(H,19,20)(H,21,24). The first-order chi connectivity index (χ1) is 12.3. The van der Waals surface area contributed by atoms with Crippen LogP contribution < -0.4 is 15.5 Å². The number of thiophene rings is 1. The molecule has 1 aliphatic heterocycles. The molecule has 2 heterocycles. The molecule has 0 bridgehead atoms. The first-order valence-electron chi connectivity index (χ1n) is 9.37. The van der Waals surface area contributed by atoms with E-state index in [-0.39, 0.29) is 5.91 Å². The molecular formula is C18H29N5OS. The van der Waals surface area contributed by atoms with Crippen molar-refractivity contribution in [2.75, 3.05) is 44.2 Å². The molecule has 2 fully saturated rings. The van der Waals surface area contributed by atoms with E-state index in [0.717, 1.165) is 57.9 Å². The zero-order valence-corrected chi connectivity index (χ0v) is 15.9. The second-order valence-corrected chi connectivity index (χ2v) is 7.53. The quantitative estimate of drug-likeness (QED) is 0.441. The van der Waals surface area contributed by atoms with Crippen LogP contribution in [0.1, 0.15) is 32.6 Å². The smallest absolute Gasteiger partial charge is 0.220 e. The summed E-state index contributed by atoms with van der Waals surface area (Å²) in [6.45, 7) is 7.67. The van der Waals surface area contributed by atoms with Gasteiger partial charge in [0.1, 0.15) is 0 Å². The van der Waals surface area contributed by atoms with Gasteiger partial charge in [0, 0.05) is 51.7 Å². The van der Waals surface area contributed by atoms with Crippen molar-refractivity contribution in [2.45, 2.75) is 38.6 Å². The van der Waals surface area contributed by atoms with E-state index in [0.29, 0.717) is 19.0 Å². The van der Waals surface area contributed by atoms with Crippen molar-refractivity contribution in [3.05, 3.63) is 17.5 Å². The fraction of sp³-hybridized carbons (Fsp3) is 0.667. The summed E-state index contributed by atoms with van der Waals surface area (Å²) in [6, 6.07) is 4.75. The largest absolute Gasteiger partial charge is 0.360 e. The molecule has 0 unspecified atom stereocenters. The summed E-state index contributed by atoms with van der Waals surface area (Å²) < 4.78 is 0. The number of nitrogens with one attached hydrogen (secondary N) is 2. The van der Waals surface area contributed by atoms with Crippen LogP contribution in [0.2, 0.25) is 0 Å². The maximum Gasteiger partial charge on any atom is 0.220 e. The average molecular weight is 364 g/mol. The van der Waals surface area contributed by atoms with Crippen molar-refractivity contribution in [2.24, 2.45) is 4.99 Å². The molecule has 0 radical (unpaired) electrons. The molecule has 1 aromatic heterocycles. The monoisotopic (exact) mass is 363 g/mol. The zero-order valence-electron chi connectivity index (χ0n) is 15.0. The summed E-state index contributed by atoms with van der Waals surface area (Å²) in [5, 5.41) is 9.90. The van der Waals surface area contributed by atoms with Crippen molar-refractivity contribution in [1.29, 1.82) is 0 Å². The van der Waals surface area contributed by atoms with Crippen LogP contribution in [0.4, 0.5) is 5.00 Å². The lowest BCUT2D eigenvalue weighted by Gasteiger charge is -2.37. The van der Waals surface area contributed by atoms with Gasteiger partial charge in [-0.3, -0.25) is 9.79 Å². The zero-order chi connectivity index (χ0) is 17.5. The van der Waals surface area contributed by atoms with Crippen LogP contribution in [0.3, 0.4) is 0 Å². The van der Waals surface area contributed by atoms with E-state index in [9.17, 15) is 4.79 Å². The maximum absolute atomic E-state index is 11.7. The van der Waals surface area contributed by atoms with Gasteiger partial charge < -0.3 is 20.4 Å². The third kappa shape index (κ3) is 5.63. The Morgan fingerprint density at radius 3 is 2.76 bits per heavy atom. The van der Waals surface area contributed by atoms with E-state index in [1.165, 1.54) is 5.00 Å². The number of hydrogen-bond acceptors (Lipinski definition) is 4. The number of nitrogens with zero attached hydrogens (tertiary/aromatic N) is 3. The van der Waals surface area contributed by atoms with Gasteiger partial charge in [-0.15, -0.1) is 11.3 Å². The molecule has 2 N–H and O–H groups in total. The number of hydrogen-bond donors (Lipinski definition) is 2. The van der Waals surface area contributed by atoms with Crippen LogP contribution in [0.5, 0.6) is 0 Å². The molecule has 2 aliphatic rings. The molecule has 0 atom stereocenters. The normalized spacial score (nSPS) is 18.4. The van der Waals surface area contributed by atoms with Gasteiger partial charge >= 0.3 is 0 Å². The highest BCUT2D eigenvalue weighted by Gasteiger charge is 2.23. The van der Waals surface area contributed by atoms with Crippen LogP contribution in [-0.4, -0.2) is 62.1 Å². The number of aliphatic imine (C=N–C) groups is 1. The molecule has 0 spiro atoms. The number of piperazine rings is 1. The fourth-order valence-corrected chi connectivity index (χ4v) is 3.75. The molecule has 1 saturated carbocycles. The molecule has 1 saturated heterocycles. The van der Waals surface area contributed by atoms with E-state index in [4.69, 9.17) is 4.99 Å². The van der Waals surface area contributed by atoms with Crippen LogP contribution in [0.25, 0.3) is 0 Å². The van der Waals surface area contributed by atoms with Crippen molar-refractivity contribution in [3.63, 3.8) is 0 Å². The lowest BCUT2D eigenvalue weighted by Crippen LogP contribution is -2.52. The molecule has 25 heavy (non-hydrogen) atoms. The number of amides is 1. The maximum atomic E-state index is 11.7. The van der Waals surface area contributed by atoms with E-state index in [2.05, 4.69) is 44.9 Å². The molecule has 138 valence electrons. The molecule has 1 aromatic rings. The van der Waals surface area contributed by atoms with Gasteiger partial charge in [0.2, 0.25) is 5.91 Å². The van der Waals surface area contributed by atoms with Crippen molar-refractivity contribution < 1.29 is 4.79 Å². The summed E-state index contributed by atoms with van der Waals surface area (Å²) in [6.07, 6.45) is 3.67. The van der Waals surface area contributed by atoms with Crippen LogP contribution in [-0.2, 0) is 4.79 Å². The molecule has 7 heteroatoms. The number of anilines is 1. The Bertz CT molecular complexity index is 562. The van der Waals surface area contributed by atoms with Gasteiger partial charge in [-0.2, -0.15) is 0 Å². The lowest BCUT2D eigenvalue weighted by atomic mass is 10.3. The highest BCUT2D eigenvalue weighted by Crippen LogP contribution is 2.22. The number of carbonyl (C=O) groups is 1. The summed E-state index contributed by atoms with van der Waals surface area (Å²) in [4.78, 5) is 21.2. The Labute approximate surface area is 154 Å². The molecule has 6 nitrogen and oxygen atoms in total. The second-order valence-electron chi connectivity index (χ2n) is 6.61.